The number of aromatic nitrogens is 1. The second-order valence-electron chi connectivity index (χ2n) is 7.53. The van der Waals surface area contributed by atoms with Crippen molar-refractivity contribution in [2.75, 3.05) is 25.1 Å². The predicted molar refractivity (Wildman–Crippen MR) is 125 cm³/mol. The number of thiazole rings is 1. The molecule has 1 aromatic heterocycles. The number of β-lactam (4-membered cyclic amide) rings is 1. The zero-order chi connectivity index (χ0) is 23.9. The smallest absolute Gasteiger partial charge is 0.276 e. The fourth-order valence-electron chi connectivity index (χ4n) is 4.07. The second-order valence-corrected chi connectivity index (χ2v) is 9.93. The van der Waals surface area contributed by atoms with Crippen molar-refractivity contribution in [3.8, 4) is 0 Å². The highest BCUT2D eigenvalue weighted by atomic mass is 32.2. The molecule has 0 unspecified atom stereocenters. The number of carbonyl (C=O) groups is 4. The van der Waals surface area contributed by atoms with E-state index in [0.717, 1.165) is 16.9 Å². The summed E-state index contributed by atoms with van der Waals surface area (Å²) in [5.74, 6) is -1.24. The lowest BCUT2D eigenvalue weighted by Gasteiger charge is -2.50. The van der Waals surface area contributed by atoms with Crippen LogP contribution < -0.4 is 22.1 Å². The van der Waals surface area contributed by atoms with Crippen LogP contribution in [0.25, 0.3) is 0 Å². The largest absolute Gasteiger partial charge is 0.398 e. The molecule has 4 rings (SSSR count). The summed E-state index contributed by atoms with van der Waals surface area (Å²) in [5.41, 5.74) is 12.1. The summed E-state index contributed by atoms with van der Waals surface area (Å²) in [4.78, 5) is 59.8. The van der Waals surface area contributed by atoms with Gasteiger partial charge in [-0.05, 0) is 17.9 Å². The first-order valence-electron chi connectivity index (χ1n) is 9.80. The van der Waals surface area contributed by atoms with Gasteiger partial charge < -0.3 is 26.9 Å². The van der Waals surface area contributed by atoms with Crippen molar-refractivity contribution in [2.45, 2.75) is 23.9 Å². The number of nitrogen functional groups attached to an aromatic ring is 1. The maximum absolute atomic E-state index is 13.0. The first kappa shape index (κ1) is 23.5. The number of thiol groups is 1. The Labute approximate surface area is 201 Å². The Kier molecular flexibility index (Phi) is 6.65. The molecule has 0 radical (unpaired) electrons. The molecule has 1 aromatic rings. The number of hydrogen-bond donors (Lipinski definition) is 5. The summed E-state index contributed by atoms with van der Waals surface area (Å²) in [6.07, 6.45) is 0.441. The van der Waals surface area contributed by atoms with Gasteiger partial charge in [-0.25, -0.2) is 4.98 Å². The molecule has 12 nitrogen and oxygen atoms in total. The maximum atomic E-state index is 13.0. The van der Waals surface area contributed by atoms with E-state index in [1.165, 1.54) is 23.8 Å². The van der Waals surface area contributed by atoms with Crippen LogP contribution in [0.3, 0.4) is 0 Å². The van der Waals surface area contributed by atoms with Gasteiger partial charge in [0.25, 0.3) is 11.8 Å². The van der Waals surface area contributed by atoms with E-state index in [2.05, 4.69) is 33.4 Å². The fraction of sp³-hybridized carbons (Fsp3) is 0.444. The lowest BCUT2D eigenvalue weighted by molar-refractivity contribution is -0.146. The Bertz CT molecular complexity index is 1090. The topological polar surface area (TPSA) is 182 Å². The Morgan fingerprint density at radius 1 is 1.42 bits per heavy atom. The predicted octanol–water partition coefficient (Wildman–Crippen LogP) is -1.35. The van der Waals surface area contributed by atoms with E-state index < -0.39 is 40.3 Å². The second kappa shape index (κ2) is 9.32. The summed E-state index contributed by atoms with van der Waals surface area (Å²) >= 11 is 6.54. The quantitative estimate of drug-likeness (QED) is 0.128. The van der Waals surface area contributed by atoms with Gasteiger partial charge in [0.1, 0.15) is 24.2 Å². The Balaban J connectivity index is 1.52. The van der Waals surface area contributed by atoms with Gasteiger partial charge in [-0.2, -0.15) is 0 Å². The van der Waals surface area contributed by atoms with Crippen LogP contribution in [0, 0.1) is 5.92 Å². The Hall–Kier alpha value is -2.62. The lowest BCUT2D eigenvalue weighted by Crippen LogP contribution is -2.71. The molecule has 3 aliphatic rings. The van der Waals surface area contributed by atoms with E-state index in [1.54, 1.807) is 5.38 Å². The standard InChI is InChI=1S/C18H21N7O5S3/c1-30-24-10(9-5-33-18(20)22-9)14(27)23-11-15(28)25-12(17(29)31)7(4-32-16(11)25)6-2-8(13(19)26)21-3-6/h5-6,8,11,16,21H,2-4H2,1H3,(H2,19,26)(H2,20,22)(H,23,27)(H,29,31)/t6-,8+,11-,16-/m1/s1. The van der Waals surface area contributed by atoms with Gasteiger partial charge in [0.2, 0.25) is 11.0 Å². The maximum Gasteiger partial charge on any atom is 0.276 e. The molecule has 0 aromatic carbocycles. The minimum atomic E-state index is -0.871. The summed E-state index contributed by atoms with van der Waals surface area (Å²) < 4.78 is 0. The molecule has 33 heavy (non-hydrogen) atoms. The molecule has 0 saturated carbocycles. The fourth-order valence-corrected chi connectivity index (χ4v) is 6.33. The molecule has 15 heteroatoms. The summed E-state index contributed by atoms with van der Waals surface area (Å²) in [7, 11) is 1.29. The number of primary amides is 1. The molecule has 4 heterocycles. The van der Waals surface area contributed by atoms with Crippen molar-refractivity contribution < 1.29 is 24.0 Å². The van der Waals surface area contributed by atoms with E-state index in [9.17, 15) is 19.2 Å². The van der Waals surface area contributed by atoms with Crippen molar-refractivity contribution in [3.05, 3.63) is 22.3 Å². The van der Waals surface area contributed by atoms with E-state index in [0.29, 0.717) is 18.7 Å². The van der Waals surface area contributed by atoms with Crippen LogP contribution in [0.1, 0.15) is 12.1 Å². The number of anilines is 1. The molecular formula is C18H21N7O5S3. The van der Waals surface area contributed by atoms with Crippen LogP contribution in [0.4, 0.5) is 5.13 Å². The monoisotopic (exact) mass is 511 g/mol. The van der Waals surface area contributed by atoms with E-state index in [1.807, 2.05) is 0 Å². The number of nitrogens with one attached hydrogen (secondary N) is 2. The summed E-state index contributed by atoms with van der Waals surface area (Å²) in [5, 5.41) is 10.2. The van der Waals surface area contributed by atoms with Gasteiger partial charge in [-0.15, -0.1) is 23.1 Å². The van der Waals surface area contributed by atoms with Crippen molar-refractivity contribution in [2.24, 2.45) is 16.8 Å². The average molecular weight is 512 g/mol. The van der Waals surface area contributed by atoms with Crippen LogP contribution in [0.15, 0.2) is 21.8 Å². The third-order valence-corrected chi connectivity index (χ3v) is 7.80. The molecule has 2 saturated heterocycles. The van der Waals surface area contributed by atoms with Crippen LogP contribution >= 0.6 is 35.7 Å². The zero-order valence-corrected chi connectivity index (χ0v) is 19.8. The van der Waals surface area contributed by atoms with Gasteiger partial charge in [-0.1, -0.05) is 17.8 Å². The first-order valence-corrected chi connectivity index (χ1v) is 12.2. The number of fused-ring (bicyclic) bond motifs is 1. The summed E-state index contributed by atoms with van der Waals surface area (Å²) in [6, 6.07) is -1.36. The van der Waals surface area contributed by atoms with E-state index in [-0.39, 0.29) is 28.2 Å². The zero-order valence-electron chi connectivity index (χ0n) is 17.3. The van der Waals surface area contributed by atoms with E-state index in [4.69, 9.17) is 16.3 Å². The van der Waals surface area contributed by atoms with Gasteiger partial charge in [0, 0.05) is 17.7 Å². The number of nitrogens with two attached hydrogens (primary N) is 2. The van der Waals surface area contributed by atoms with Crippen LogP contribution in [0.2, 0.25) is 0 Å². The molecule has 0 aliphatic carbocycles. The molecule has 3 amide bonds. The third-order valence-electron chi connectivity index (χ3n) is 5.62. The number of carbonyl (C=O) groups excluding carboxylic acids is 4. The Morgan fingerprint density at radius 2 is 2.18 bits per heavy atom. The van der Waals surface area contributed by atoms with Gasteiger partial charge in [0.05, 0.1) is 11.7 Å². The minimum Gasteiger partial charge on any atom is -0.398 e. The lowest BCUT2D eigenvalue weighted by atomic mass is 9.92. The van der Waals surface area contributed by atoms with Gasteiger partial charge in [-0.3, -0.25) is 24.1 Å². The van der Waals surface area contributed by atoms with Crippen molar-refractivity contribution in [1.82, 2.24) is 20.5 Å². The molecular weight excluding hydrogens is 490 g/mol. The average Bonchev–Trinajstić information content (AvgIpc) is 3.43. The van der Waals surface area contributed by atoms with E-state index >= 15 is 0 Å². The molecule has 4 atom stereocenters. The molecule has 176 valence electrons. The molecule has 0 bridgehead atoms. The van der Waals surface area contributed by atoms with Crippen LogP contribution in [0.5, 0.6) is 0 Å². The van der Waals surface area contributed by atoms with Crippen molar-refractivity contribution in [3.63, 3.8) is 0 Å². The third kappa shape index (κ3) is 4.32. The number of hydrogen-bond acceptors (Lipinski definition) is 11. The Morgan fingerprint density at radius 3 is 2.76 bits per heavy atom. The van der Waals surface area contributed by atoms with Crippen molar-refractivity contribution in [1.29, 1.82) is 0 Å². The number of amides is 3. The molecule has 0 spiro atoms. The summed E-state index contributed by atoms with van der Waals surface area (Å²) in [6.45, 7) is 0.467. The first-order chi connectivity index (χ1) is 15.7. The van der Waals surface area contributed by atoms with Crippen LogP contribution in [-0.4, -0.2) is 75.3 Å². The molecule has 6 N–H and O–H groups in total. The number of rotatable bonds is 7. The number of oxime groups is 1. The molecule has 2 fully saturated rings. The number of thioether (sulfide) groups is 1. The van der Waals surface area contributed by atoms with Gasteiger partial charge >= 0.3 is 0 Å². The highest BCUT2D eigenvalue weighted by Gasteiger charge is 2.54. The SMILES string of the molecule is CON=C(C(=O)N[C@@H]1C(=O)N2C(C(=O)S)=C([C@H]3CN[C@H](C(N)=O)C3)CS[C@H]12)c1csc(N)n1. The highest BCUT2D eigenvalue weighted by molar-refractivity contribution is 8.00. The van der Waals surface area contributed by atoms with Crippen LogP contribution in [-0.2, 0) is 24.0 Å². The minimum absolute atomic E-state index is 0.117. The van der Waals surface area contributed by atoms with Gasteiger partial charge in [0.15, 0.2) is 10.8 Å². The molecule has 3 aliphatic heterocycles. The normalized spacial score (nSPS) is 27.2. The highest BCUT2D eigenvalue weighted by Crippen LogP contribution is 2.44. The van der Waals surface area contributed by atoms with Crippen molar-refractivity contribution >= 4 is 69.4 Å². The number of nitrogens with zero attached hydrogens (tertiary/aromatic N) is 3.